The number of hydrogen-bond donors (Lipinski definition) is 0. The zero-order valence-electron chi connectivity index (χ0n) is 6.73. The Kier molecular flexibility index (Phi) is 5.16. The minimum absolute atomic E-state index is 0.382. The highest BCUT2D eigenvalue weighted by Gasteiger charge is 1.94. The van der Waals surface area contributed by atoms with Crippen LogP contribution in [0.4, 0.5) is 0 Å². The number of rotatable bonds is 0. The van der Waals surface area contributed by atoms with Gasteiger partial charge in [-0.3, -0.25) is 0 Å². The lowest BCUT2D eigenvalue weighted by Crippen LogP contribution is -1.86. The van der Waals surface area contributed by atoms with Gasteiger partial charge in [-0.05, 0) is 6.92 Å². The molecule has 0 atom stereocenters. The lowest BCUT2D eigenvalue weighted by atomic mass is 10.6. The summed E-state index contributed by atoms with van der Waals surface area (Å²) >= 11 is 11.0. The van der Waals surface area contributed by atoms with Crippen LogP contribution in [0.1, 0.15) is 19.7 Å². The molecule has 0 aliphatic carbocycles. The van der Waals surface area contributed by atoms with Crippen LogP contribution in [-0.2, 0) is 0 Å². The van der Waals surface area contributed by atoms with Crippen LogP contribution in [-0.4, -0.2) is 9.97 Å². The summed E-state index contributed by atoms with van der Waals surface area (Å²) < 4.78 is 0. The molecular weight excluding hydrogens is 183 g/mol. The van der Waals surface area contributed by atoms with Gasteiger partial charge in [0.2, 0.25) is 0 Å². The van der Waals surface area contributed by atoms with Crippen LogP contribution in [0.3, 0.4) is 0 Å². The van der Waals surface area contributed by atoms with Crippen LogP contribution in [0.5, 0.6) is 0 Å². The van der Waals surface area contributed by atoms with Crippen molar-refractivity contribution in [3.8, 4) is 0 Å². The average molecular weight is 193 g/mol. The van der Waals surface area contributed by atoms with Crippen molar-refractivity contribution in [3.63, 3.8) is 0 Å². The predicted molar refractivity (Wildman–Crippen MR) is 48.1 cm³/mol. The van der Waals surface area contributed by atoms with E-state index in [0.29, 0.717) is 16.1 Å². The van der Waals surface area contributed by atoms with E-state index in [4.69, 9.17) is 23.2 Å². The first-order chi connectivity index (χ1) is 5.18. The van der Waals surface area contributed by atoms with E-state index >= 15 is 0 Å². The Labute approximate surface area is 76.6 Å². The van der Waals surface area contributed by atoms with Crippen LogP contribution in [0.15, 0.2) is 6.07 Å². The Morgan fingerprint density at radius 1 is 1.09 bits per heavy atom. The zero-order chi connectivity index (χ0) is 8.85. The maximum absolute atomic E-state index is 5.51. The van der Waals surface area contributed by atoms with E-state index in [-0.39, 0.29) is 0 Å². The monoisotopic (exact) mass is 192 g/mol. The van der Waals surface area contributed by atoms with E-state index in [1.807, 2.05) is 13.8 Å². The Morgan fingerprint density at radius 3 is 1.73 bits per heavy atom. The van der Waals surface area contributed by atoms with E-state index in [0.717, 1.165) is 0 Å². The van der Waals surface area contributed by atoms with Crippen molar-refractivity contribution in [2.75, 3.05) is 0 Å². The van der Waals surface area contributed by atoms with Gasteiger partial charge in [-0.15, -0.1) is 0 Å². The molecule has 2 nitrogen and oxygen atoms in total. The van der Waals surface area contributed by atoms with E-state index in [9.17, 15) is 0 Å². The van der Waals surface area contributed by atoms with Crippen molar-refractivity contribution < 1.29 is 0 Å². The largest absolute Gasteiger partial charge is 0.221 e. The van der Waals surface area contributed by atoms with Gasteiger partial charge in [0.05, 0.1) is 0 Å². The SMILES string of the molecule is CC.Cc1nc(Cl)cc(Cl)n1. The number of hydrogen-bond acceptors (Lipinski definition) is 2. The second-order valence-corrected chi connectivity index (χ2v) is 2.34. The Bertz CT molecular complexity index is 175. The van der Waals surface area contributed by atoms with Gasteiger partial charge in [-0.25, -0.2) is 9.97 Å². The van der Waals surface area contributed by atoms with E-state index in [2.05, 4.69) is 9.97 Å². The van der Waals surface area contributed by atoms with Crippen LogP contribution in [0, 0.1) is 6.92 Å². The van der Waals surface area contributed by atoms with Gasteiger partial charge < -0.3 is 0 Å². The summed E-state index contributed by atoms with van der Waals surface area (Å²) in [5.41, 5.74) is 0. The minimum Gasteiger partial charge on any atom is -0.221 e. The molecule has 0 aliphatic rings. The highest BCUT2D eigenvalue weighted by Crippen LogP contribution is 2.10. The number of aromatic nitrogens is 2. The first kappa shape index (κ1) is 10.7. The summed E-state index contributed by atoms with van der Waals surface area (Å²) in [5.74, 6) is 0.590. The normalized spacial score (nSPS) is 8.45. The first-order valence-corrected chi connectivity index (χ1v) is 4.11. The van der Waals surface area contributed by atoms with Crippen molar-refractivity contribution in [2.24, 2.45) is 0 Å². The molecule has 0 saturated carbocycles. The highest BCUT2D eigenvalue weighted by molar-refractivity contribution is 6.33. The van der Waals surface area contributed by atoms with Gasteiger partial charge in [0.1, 0.15) is 16.1 Å². The molecular formula is C7H10Cl2N2. The second-order valence-electron chi connectivity index (χ2n) is 1.56. The lowest BCUT2D eigenvalue weighted by Gasteiger charge is -1.91. The van der Waals surface area contributed by atoms with Gasteiger partial charge in [0, 0.05) is 6.07 Å². The molecule has 1 rings (SSSR count). The molecule has 0 fully saturated rings. The van der Waals surface area contributed by atoms with Crippen molar-refractivity contribution in [1.82, 2.24) is 9.97 Å². The van der Waals surface area contributed by atoms with Crippen molar-refractivity contribution in [1.29, 1.82) is 0 Å². The number of halogens is 2. The first-order valence-electron chi connectivity index (χ1n) is 3.35. The third-order valence-corrected chi connectivity index (χ3v) is 1.16. The molecule has 0 aromatic carbocycles. The third-order valence-electron chi connectivity index (χ3n) is 0.775. The molecule has 4 heteroatoms. The summed E-state index contributed by atoms with van der Waals surface area (Å²) in [4.78, 5) is 7.61. The molecule has 0 radical (unpaired) electrons. The van der Waals surface area contributed by atoms with Gasteiger partial charge in [0.15, 0.2) is 0 Å². The third kappa shape index (κ3) is 4.17. The van der Waals surface area contributed by atoms with E-state index in [1.54, 1.807) is 6.92 Å². The standard InChI is InChI=1S/C5H4Cl2N2.C2H6/c1-3-8-4(6)2-5(7)9-3;1-2/h2H,1H3;1-2H3. The average Bonchev–Trinajstić information content (AvgIpc) is 1.88. The Hall–Kier alpha value is -0.340. The summed E-state index contributed by atoms with van der Waals surface area (Å²) in [6.45, 7) is 5.73. The van der Waals surface area contributed by atoms with Crippen LogP contribution >= 0.6 is 23.2 Å². The van der Waals surface area contributed by atoms with Gasteiger partial charge in [-0.2, -0.15) is 0 Å². The van der Waals surface area contributed by atoms with E-state index < -0.39 is 0 Å². The molecule has 0 saturated heterocycles. The van der Waals surface area contributed by atoms with Crippen molar-refractivity contribution in [2.45, 2.75) is 20.8 Å². The summed E-state index contributed by atoms with van der Waals surface area (Å²) in [7, 11) is 0. The summed E-state index contributed by atoms with van der Waals surface area (Å²) in [6, 6.07) is 1.50. The Balaban J connectivity index is 0.000000461. The molecule has 0 unspecified atom stereocenters. The molecule has 11 heavy (non-hydrogen) atoms. The van der Waals surface area contributed by atoms with Gasteiger partial charge >= 0.3 is 0 Å². The molecule has 0 spiro atoms. The fourth-order valence-electron chi connectivity index (χ4n) is 0.497. The van der Waals surface area contributed by atoms with Crippen LogP contribution < -0.4 is 0 Å². The highest BCUT2D eigenvalue weighted by atomic mass is 35.5. The molecule has 1 heterocycles. The van der Waals surface area contributed by atoms with Crippen LogP contribution in [0.2, 0.25) is 10.3 Å². The Morgan fingerprint density at radius 2 is 1.45 bits per heavy atom. The maximum atomic E-state index is 5.51. The molecule has 0 amide bonds. The molecule has 62 valence electrons. The molecule has 1 aromatic heterocycles. The zero-order valence-corrected chi connectivity index (χ0v) is 8.24. The topological polar surface area (TPSA) is 25.8 Å². The fraction of sp³-hybridized carbons (Fsp3) is 0.429. The molecule has 0 aliphatic heterocycles. The van der Waals surface area contributed by atoms with Crippen molar-refractivity contribution in [3.05, 3.63) is 22.2 Å². The molecule has 0 bridgehead atoms. The minimum atomic E-state index is 0.382. The maximum Gasteiger partial charge on any atom is 0.134 e. The molecule has 0 N–H and O–H groups in total. The van der Waals surface area contributed by atoms with Crippen molar-refractivity contribution >= 4 is 23.2 Å². The van der Waals surface area contributed by atoms with E-state index in [1.165, 1.54) is 6.07 Å². The van der Waals surface area contributed by atoms with Gasteiger partial charge in [0.25, 0.3) is 0 Å². The van der Waals surface area contributed by atoms with Gasteiger partial charge in [-0.1, -0.05) is 37.0 Å². The number of aryl methyl sites for hydroxylation is 1. The second kappa shape index (κ2) is 5.33. The summed E-state index contributed by atoms with van der Waals surface area (Å²) in [5, 5.41) is 0.764. The summed E-state index contributed by atoms with van der Waals surface area (Å²) in [6.07, 6.45) is 0. The van der Waals surface area contributed by atoms with Crippen LogP contribution in [0.25, 0.3) is 0 Å². The predicted octanol–water partition coefficient (Wildman–Crippen LogP) is 3.12. The number of nitrogens with zero attached hydrogens (tertiary/aromatic N) is 2. The molecule has 1 aromatic rings. The lowest BCUT2D eigenvalue weighted by molar-refractivity contribution is 1.05. The quantitative estimate of drug-likeness (QED) is 0.591. The fourth-order valence-corrected chi connectivity index (χ4v) is 1.00. The smallest absolute Gasteiger partial charge is 0.134 e.